The molecule has 0 spiro atoms. The van der Waals surface area contributed by atoms with E-state index in [2.05, 4.69) is 36.2 Å². The summed E-state index contributed by atoms with van der Waals surface area (Å²) in [4.78, 5) is 27.2. The average molecular weight is 762 g/mol. The molecule has 1 aliphatic carbocycles. The van der Waals surface area contributed by atoms with Crippen molar-refractivity contribution in [2.45, 2.75) is 96.7 Å². The summed E-state index contributed by atoms with van der Waals surface area (Å²) in [6, 6.07) is 31.4. The third kappa shape index (κ3) is 9.88. The Morgan fingerprint density at radius 2 is 1.43 bits per heavy atom. The topological polar surface area (TPSA) is 102 Å². The van der Waals surface area contributed by atoms with Crippen molar-refractivity contribution >= 4 is 12.1 Å². The van der Waals surface area contributed by atoms with Gasteiger partial charge in [0.05, 0.1) is 26.4 Å². The van der Waals surface area contributed by atoms with Crippen LogP contribution in [0.3, 0.4) is 0 Å². The number of nitrogens with one attached hydrogen (secondary N) is 1. The first-order chi connectivity index (χ1) is 27.0. The van der Waals surface area contributed by atoms with E-state index in [-0.39, 0.29) is 24.4 Å². The lowest BCUT2D eigenvalue weighted by atomic mass is 9.89. The van der Waals surface area contributed by atoms with Crippen molar-refractivity contribution in [2.24, 2.45) is 11.8 Å². The van der Waals surface area contributed by atoms with Crippen molar-refractivity contribution in [1.29, 1.82) is 0 Å². The molecule has 1 fully saturated rings. The van der Waals surface area contributed by atoms with Crippen LogP contribution in [0.5, 0.6) is 5.75 Å². The molecule has 0 aromatic heterocycles. The van der Waals surface area contributed by atoms with Gasteiger partial charge in [-0.15, -0.1) is 6.58 Å². The molecule has 6 rings (SSSR count). The molecule has 1 saturated heterocycles. The highest BCUT2D eigenvalue weighted by atomic mass is 16.8. The molecule has 2 aliphatic rings. The fourth-order valence-corrected chi connectivity index (χ4v) is 7.69. The first-order valence-corrected chi connectivity index (χ1v) is 19.5. The van der Waals surface area contributed by atoms with Crippen molar-refractivity contribution in [3.05, 3.63) is 138 Å². The first kappa shape index (κ1) is 40.7. The highest BCUT2D eigenvalue weighted by Gasteiger charge is 2.47. The van der Waals surface area contributed by atoms with Crippen LogP contribution in [0, 0.1) is 11.8 Å². The number of alkyl carbamates (subject to hydrolysis) is 1. The summed E-state index contributed by atoms with van der Waals surface area (Å²) in [6.45, 7) is 14.8. The average Bonchev–Trinajstić information content (AvgIpc) is 3.70. The van der Waals surface area contributed by atoms with Crippen LogP contribution in [-0.2, 0) is 41.7 Å². The van der Waals surface area contributed by atoms with Gasteiger partial charge in [-0.1, -0.05) is 112 Å². The molecule has 0 saturated carbocycles. The lowest BCUT2D eigenvalue weighted by molar-refractivity contribution is -0.164. The number of benzene rings is 4. The van der Waals surface area contributed by atoms with E-state index in [0.717, 1.165) is 44.7 Å². The Hall–Kier alpha value is -4.96. The van der Waals surface area contributed by atoms with E-state index >= 15 is 0 Å². The molecule has 1 N–H and O–H groups in total. The number of rotatable bonds is 17. The second-order valence-corrected chi connectivity index (χ2v) is 15.6. The molecule has 1 unspecified atom stereocenters. The normalized spacial score (nSPS) is 18.7. The van der Waals surface area contributed by atoms with Gasteiger partial charge in [0.25, 0.3) is 0 Å². The Labute approximate surface area is 331 Å². The number of carbonyl (C=O) groups is 2. The molecular formula is C47H55NO8. The number of carbonyl (C=O) groups excluding carboxylic acids is 2. The molecule has 0 bridgehead atoms. The highest BCUT2D eigenvalue weighted by Crippen LogP contribution is 2.45. The maximum atomic E-state index is 13.9. The second kappa shape index (κ2) is 18.3. The van der Waals surface area contributed by atoms with Crippen molar-refractivity contribution in [1.82, 2.24) is 5.32 Å². The van der Waals surface area contributed by atoms with Crippen LogP contribution >= 0.6 is 0 Å². The van der Waals surface area contributed by atoms with Gasteiger partial charge >= 0.3 is 12.1 Å². The molecule has 4 aromatic rings. The molecule has 296 valence electrons. The van der Waals surface area contributed by atoms with Crippen molar-refractivity contribution in [2.75, 3.05) is 13.7 Å². The molecule has 56 heavy (non-hydrogen) atoms. The van der Waals surface area contributed by atoms with Gasteiger partial charge in [-0.25, -0.2) is 9.59 Å². The fourth-order valence-electron chi connectivity index (χ4n) is 7.69. The first-order valence-electron chi connectivity index (χ1n) is 19.5. The number of esters is 1. The van der Waals surface area contributed by atoms with E-state index in [1.54, 1.807) is 13.2 Å². The minimum absolute atomic E-state index is 0.0954. The number of hydrogen-bond donors (Lipinski definition) is 1. The number of ether oxygens (including phenoxy) is 6. The SMILES string of the molecule is C=CC[C@H](OC(=O)C(CC(C)C)NC(=O)OCC1c2ccccc2-c2ccccc21)[C@H](C)[C@H]1OC(C)(C)O[C@@H]1c1ccc(COCc2ccc(OC)cc2)cc1. The van der Waals surface area contributed by atoms with Crippen LogP contribution in [0.25, 0.3) is 11.1 Å². The van der Waals surface area contributed by atoms with Gasteiger partial charge < -0.3 is 33.7 Å². The fraction of sp³-hybridized carbons (Fsp3) is 0.404. The summed E-state index contributed by atoms with van der Waals surface area (Å²) in [7, 11) is 1.65. The van der Waals surface area contributed by atoms with E-state index in [9.17, 15) is 9.59 Å². The Bertz CT molecular complexity index is 1890. The van der Waals surface area contributed by atoms with Crippen molar-refractivity contribution < 1.29 is 38.0 Å². The van der Waals surface area contributed by atoms with Crippen molar-refractivity contribution in [3.63, 3.8) is 0 Å². The second-order valence-electron chi connectivity index (χ2n) is 15.6. The Kier molecular flexibility index (Phi) is 13.3. The van der Waals surface area contributed by atoms with Crippen LogP contribution in [0.2, 0.25) is 0 Å². The van der Waals surface area contributed by atoms with E-state index in [1.165, 1.54) is 0 Å². The molecule has 1 aliphatic heterocycles. The molecule has 1 heterocycles. The predicted molar refractivity (Wildman–Crippen MR) is 216 cm³/mol. The zero-order valence-corrected chi connectivity index (χ0v) is 33.4. The Morgan fingerprint density at radius 1 is 0.839 bits per heavy atom. The van der Waals surface area contributed by atoms with E-state index in [4.69, 9.17) is 28.4 Å². The van der Waals surface area contributed by atoms with Crippen LogP contribution < -0.4 is 10.1 Å². The zero-order chi connectivity index (χ0) is 39.8. The lowest BCUT2D eigenvalue weighted by Gasteiger charge is -2.31. The molecular weight excluding hydrogens is 707 g/mol. The van der Waals surface area contributed by atoms with Crippen LogP contribution in [-0.4, -0.2) is 49.8 Å². The summed E-state index contributed by atoms with van der Waals surface area (Å²) in [6.07, 6.45) is 0.420. The maximum absolute atomic E-state index is 13.9. The van der Waals surface area contributed by atoms with Gasteiger partial charge in [0.2, 0.25) is 0 Å². The van der Waals surface area contributed by atoms with Gasteiger partial charge in [-0.2, -0.15) is 0 Å². The monoisotopic (exact) mass is 761 g/mol. The third-order valence-electron chi connectivity index (χ3n) is 10.5. The number of methoxy groups -OCH3 is 1. The molecule has 1 amide bonds. The summed E-state index contributed by atoms with van der Waals surface area (Å²) in [5.74, 6) is -0.861. The number of fused-ring (bicyclic) bond motifs is 3. The molecule has 4 aromatic carbocycles. The highest BCUT2D eigenvalue weighted by molar-refractivity contribution is 5.82. The standard InChI is InChI=1S/C47H55NO8/c1-8-13-42(31(4)43-44(56-47(5,6)55-43)34-22-18-32(19-23-34)27-52-28-33-20-24-35(51-7)25-21-33)54-45(49)41(26-30(2)3)48-46(50)53-29-40-38-16-11-9-14-36(38)37-15-10-12-17-39(37)40/h8-12,14-25,30-31,40-44H,1,13,26-29H2,2-7H3,(H,48,50)/t31-,41?,42-,43+,44+/m0/s1. The summed E-state index contributed by atoms with van der Waals surface area (Å²) >= 11 is 0. The van der Waals surface area contributed by atoms with E-state index in [1.807, 2.05) is 107 Å². The van der Waals surface area contributed by atoms with Gasteiger partial charge in [0.1, 0.15) is 30.6 Å². The molecule has 0 radical (unpaired) electrons. The van der Waals surface area contributed by atoms with Gasteiger partial charge in [0.15, 0.2) is 5.79 Å². The van der Waals surface area contributed by atoms with Crippen LogP contribution in [0.1, 0.15) is 87.3 Å². The summed E-state index contributed by atoms with van der Waals surface area (Å²) in [5.41, 5.74) is 7.57. The Morgan fingerprint density at radius 3 is 2.00 bits per heavy atom. The smallest absolute Gasteiger partial charge is 0.407 e. The van der Waals surface area contributed by atoms with E-state index in [0.29, 0.717) is 26.1 Å². The Balaban J connectivity index is 1.08. The minimum atomic E-state index is -0.905. The maximum Gasteiger partial charge on any atom is 0.407 e. The summed E-state index contributed by atoms with van der Waals surface area (Å²) < 4.78 is 36.2. The number of hydrogen-bond acceptors (Lipinski definition) is 8. The van der Waals surface area contributed by atoms with Gasteiger partial charge in [-0.05, 0) is 77.3 Å². The van der Waals surface area contributed by atoms with Crippen LogP contribution in [0.15, 0.2) is 110 Å². The quantitative estimate of drug-likeness (QED) is 0.0839. The van der Waals surface area contributed by atoms with Gasteiger partial charge in [0, 0.05) is 18.3 Å². The minimum Gasteiger partial charge on any atom is -0.497 e. The molecule has 5 atom stereocenters. The largest absolute Gasteiger partial charge is 0.497 e. The number of amides is 1. The van der Waals surface area contributed by atoms with Gasteiger partial charge in [-0.3, -0.25) is 0 Å². The summed E-state index contributed by atoms with van der Waals surface area (Å²) in [5, 5.41) is 2.82. The van der Waals surface area contributed by atoms with Crippen molar-refractivity contribution in [3.8, 4) is 16.9 Å². The zero-order valence-electron chi connectivity index (χ0n) is 33.4. The predicted octanol–water partition coefficient (Wildman–Crippen LogP) is 9.68. The lowest BCUT2D eigenvalue weighted by Crippen LogP contribution is -2.46. The molecule has 9 heteroatoms. The van der Waals surface area contributed by atoms with Crippen LogP contribution in [0.4, 0.5) is 4.79 Å². The molecule has 9 nitrogen and oxygen atoms in total. The van der Waals surface area contributed by atoms with E-state index < -0.39 is 42.2 Å². The third-order valence-corrected chi connectivity index (χ3v) is 10.5.